The average molecular weight is 604 g/mol. The number of likely N-dealkylation sites (N-methyl/N-ethyl adjacent to an activating group) is 1. The maximum Gasteiger partial charge on any atom is 0.416 e. The number of halogens is 3. The Balaban J connectivity index is 1.18. The number of hydrogen-bond acceptors (Lipinski definition) is 6. The summed E-state index contributed by atoms with van der Waals surface area (Å²) in [7, 11) is 2.01. The average Bonchev–Trinajstić information content (AvgIpc) is 3.71. The van der Waals surface area contributed by atoms with Crippen molar-refractivity contribution in [2.24, 2.45) is 0 Å². The number of furan rings is 1. The third kappa shape index (κ3) is 6.48. The summed E-state index contributed by atoms with van der Waals surface area (Å²) in [5.74, 6) is 0.558. The van der Waals surface area contributed by atoms with E-state index < -0.39 is 17.6 Å². The minimum absolute atomic E-state index is 0.0520. The van der Waals surface area contributed by atoms with Gasteiger partial charge in [-0.15, -0.1) is 0 Å². The Labute approximate surface area is 252 Å². The quantitative estimate of drug-likeness (QED) is 0.207. The lowest BCUT2D eigenvalue weighted by Crippen LogP contribution is -2.44. The van der Waals surface area contributed by atoms with Crippen molar-refractivity contribution < 1.29 is 27.1 Å². The normalized spacial score (nSPS) is 14.7. The number of hydrogen-bond donors (Lipinski definition) is 2. The van der Waals surface area contributed by atoms with Gasteiger partial charge < -0.3 is 24.4 Å². The van der Waals surface area contributed by atoms with E-state index in [2.05, 4.69) is 20.2 Å². The predicted octanol–water partition coefficient (Wildman–Crippen LogP) is 6.62. The molecular formula is C33H32F3N5O3. The molecule has 1 fully saturated rings. The van der Waals surface area contributed by atoms with Gasteiger partial charge in [-0.2, -0.15) is 13.2 Å². The predicted molar refractivity (Wildman–Crippen MR) is 160 cm³/mol. The molecule has 0 unspecified atom stereocenters. The molecule has 4 heterocycles. The monoisotopic (exact) mass is 603 g/mol. The summed E-state index contributed by atoms with van der Waals surface area (Å²) in [5.41, 5.74) is 3.08. The van der Waals surface area contributed by atoms with Gasteiger partial charge in [0, 0.05) is 62.7 Å². The highest BCUT2D eigenvalue weighted by molar-refractivity contribution is 5.96. The van der Waals surface area contributed by atoms with Crippen molar-refractivity contribution in [2.45, 2.75) is 26.2 Å². The van der Waals surface area contributed by atoms with Gasteiger partial charge in [-0.05, 0) is 61.0 Å². The van der Waals surface area contributed by atoms with E-state index in [1.54, 1.807) is 62.0 Å². The molecule has 0 radical (unpaired) electrons. The van der Waals surface area contributed by atoms with Crippen LogP contribution in [0.15, 0.2) is 77.7 Å². The van der Waals surface area contributed by atoms with Crippen molar-refractivity contribution in [1.29, 1.82) is 0 Å². The summed E-state index contributed by atoms with van der Waals surface area (Å²) in [6.07, 6.45) is 0.419. The Kier molecular flexibility index (Phi) is 8.15. The van der Waals surface area contributed by atoms with Crippen molar-refractivity contribution in [1.82, 2.24) is 25.1 Å². The van der Waals surface area contributed by atoms with Gasteiger partial charge in [0.15, 0.2) is 0 Å². The lowest BCUT2D eigenvalue weighted by atomic mass is 10.0. The number of nitrogens with one attached hydrogen (secondary N) is 2. The fraction of sp³-hybridized carbons (Fsp3) is 0.273. The molecule has 11 heteroatoms. The molecule has 0 aliphatic carbocycles. The van der Waals surface area contributed by atoms with Crippen LogP contribution in [0, 0.1) is 6.92 Å². The minimum Gasteiger partial charge on any atom is -0.472 e. The number of benzene rings is 2. The maximum atomic E-state index is 14.0. The number of ether oxygens (including phenoxy) is 1. The first-order valence-electron chi connectivity index (χ1n) is 14.3. The molecule has 3 aromatic heterocycles. The molecule has 1 saturated heterocycles. The van der Waals surface area contributed by atoms with E-state index in [-0.39, 0.29) is 18.7 Å². The Morgan fingerprint density at radius 2 is 1.89 bits per heavy atom. The lowest BCUT2D eigenvalue weighted by Gasteiger charge is -2.33. The number of aromatic amines is 1. The van der Waals surface area contributed by atoms with Gasteiger partial charge in [0.1, 0.15) is 17.1 Å². The molecule has 2 aromatic carbocycles. The number of aryl methyl sites for hydroxylation is 1. The van der Waals surface area contributed by atoms with Crippen molar-refractivity contribution >= 4 is 16.9 Å². The number of rotatable bonds is 8. The summed E-state index contributed by atoms with van der Waals surface area (Å²) in [5, 5.41) is 3.55. The number of H-pyrrole nitrogens is 1. The second-order valence-corrected chi connectivity index (χ2v) is 11.1. The van der Waals surface area contributed by atoms with E-state index in [9.17, 15) is 18.0 Å². The largest absolute Gasteiger partial charge is 0.472 e. The highest BCUT2D eigenvalue weighted by Crippen LogP contribution is 2.35. The van der Waals surface area contributed by atoms with E-state index in [0.717, 1.165) is 43.2 Å². The van der Waals surface area contributed by atoms with Crippen LogP contribution in [0.5, 0.6) is 11.5 Å². The summed E-state index contributed by atoms with van der Waals surface area (Å²) in [4.78, 5) is 25.2. The van der Waals surface area contributed by atoms with Gasteiger partial charge in [-0.1, -0.05) is 18.2 Å². The van der Waals surface area contributed by atoms with Gasteiger partial charge >= 0.3 is 6.18 Å². The molecule has 228 valence electrons. The first-order chi connectivity index (χ1) is 21.1. The van der Waals surface area contributed by atoms with Crippen LogP contribution in [0.2, 0.25) is 0 Å². The molecule has 2 N–H and O–H groups in total. The second-order valence-electron chi connectivity index (χ2n) is 11.1. The van der Waals surface area contributed by atoms with E-state index >= 15 is 0 Å². The highest BCUT2D eigenvalue weighted by Gasteiger charge is 2.34. The van der Waals surface area contributed by atoms with Gasteiger partial charge in [0.25, 0.3) is 5.91 Å². The zero-order chi connectivity index (χ0) is 30.8. The molecular weight excluding hydrogens is 571 g/mol. The summed E-state index contributed by atoms with van der Waals surface area (Å²) in [6, 6.07) is 14.9. The molecule has 0 spiro atoms. The van der Waals surface area contributed by atoms with E-state index in [0.29, 0.717) is 39.5 Å². The van der Waals surface area contributed by atoms with Crippen LogP contribution in [0.1, 0.15) is 32.6 Å². The van der Waals surface area contributed by atoms with Crippen molar-refractivity contribution in [3.63, 3.8) is 0 Å². The summed E-state index contributed by atoms with van der Waals surface area (Å²) in [6.45, 7) is 5.06. The summed E-state index contributed by atoms with van der Waals surface area (Å²) >= 11 is 0. The first kappa shape index (κ1) is 29.5. The SMILES string of the molecule is Cc1ccc(Oc2cc(-c3ccoc3)nc3[nH]ccc23)cc1C(=O)NCc1ccc(CN2CCN(C)CC2)c(C(F)(F)F)c1. The second kappa shape index (κ2) is 12.2. The Morgan fingerprint density at radius 1 is 1.07 bits per heavy atom. The van der Waals surface area contributed by atoms with Crippen LogP contribution >= 0.6 is 0 Å². The topological polar surface area (TPSA) is 86.6 Å². The van der Waals surface area contributed by atoms with Crippen LogP contribution in [0.4, 0.5) is 13.2 Å². The van der Waals surface area contributed by atoms with Gasteiger partial charge in [-0.3, -0.25) is 9.69 Å². The number of piperazine rings is 1. The Hall–Kier alpha value is -4.61. The number of carbonyl (C=O) groups is 1. The van der Waals surface area contributed by atoms with Crippen molar-refractivity contribution in [2.75, 3.05) is 33.2 Å². The number of carbonyl (C=O) groups excluding carboxylic acids is 1. The van der Waals surface area contributed by atoms with Crippen molar-refractivity contribution in [3.05, 3.63) is 101 Å². The minimum atomic E-state index is -4.50. The molecule has 6 rings (SSSR count). The number of fused-ring (bicyclic) bond motifs is 1. The zero-order valence-electron chi connectivity index (χ0n) is 24.4. The molecule has 5 aromatic rings. The fourth-order valence-electron chi connectivity index (χ4n) is 5.35. The number of amides is 1. The number of nitrogens with zero attached hydrogens (tertiary/aromatic N) is 3. The number of aromatic nitrogens is 2. The molecule has 8 nitrogen and oxygen atoms in total. The maximum absolute atomic E-state index is 14.0. The third-order valence-corrected chi connectivity index (χ3v) is 7.91. The van der Waals surface area contributed by atoms with Crippen LogP contribution in [-0.2, 0) is 19.3 Å². The Morgan fingerprint density at radius 3 is 2.64 bits per heavy atom. The van der Waals surface area contributed by atoms with Crippen LogP contribution in [0.3, 0.4) is 0 Å². The standard InChI is InChI=1S/C33H32F3N5O3/c1-21-3-6-25(44-30-17-29(24-8-14-43-20-24)39-31-26(30)7-9-37-31)16-27(21)32(42)38-18-22-4-5-23(28(15-22)33(34,35)36)19-41-12-10-40(2)11-13-41/h3-9,14-17,20H,10-13,18-19H2,1-2H3,(H,37,39)(H,38,42). The van der Waals surface area contributed by atoms with Gasteiger partial charge in [0.05, 0.1) is 29.2 Å². The Bertz CT molecular complexity index is 1770. The van der Waals surface area contributed by atoms with Crippen molar-refractivity contribution in [3.8, 4) is 22.8 Å². The zero-order valence-corrected chi connectivity index (χ0v) is 24.4. The van der Waals surface area contributed by atoms with E-state index in [1.165, 1.54) is 6.07 Å². The van der Waals surface area contributed by atoms with Crippen LogP contribution < -0.4 is 10.1 Å². The first-order valence-corrected chi connectivity index (χ1v) is 14.3. The third-order valence-electron chi connectivity index (χ3n) is 7.91. The summed E-state index contributed by atoms with van der Waals surface area (Å²) < 4.78 is 53.5. The number of pyridine rings is 1. The molecule has 44 heavy (non-hydrogen) atoms. The molecule has 1 amide bonds. The van der Waals surface area contributed by atoms with Crippen LogP contribution in [0.25, 0.3) is 22.3 Å². The molecule has 0 atom stereocenters. The van der Waals surface area contributed by atoms with Crippen LogP contribution in [-0.4, -0.2) is 58.9 Å². The molecule has 1 aliphatic rings. The molecule has 0 saturated carbocycles. The molecule has 0 bridgehead atoms. The molecule has 1 aliphatic heterocycles. The van der Waals surface area contributed by atoms with E-state index in [1.807, 2.05) is 18.0 Å². The van der Waals surface area contributed by atoms with Gasteiger partial charge in [0.2, 0.25) is 0 Å². The fourth-order valence-corrected chi connectivity index (χ4v) is 5.35. The smallest absolute Gasteiger partial charge is 0.416 e. The highest BCUT2D eigenvalue weighted by atomic mass is 19.4. The van der Waals surface area contributed by atoms with E-state index in [4.69, 9.17) is 9.15 Å². The lowest BCUT2D eigenvalue weighted by molar-refractivity contribution is -0.138. The van der Waals surface area contributed by atoms with Gasteiger partial charge in [-0.25, -0.2) is 4.98 Å². The number of alkyl halides is 3.